The van der Waals surface area contributed by atoms with Gasteiger partial charge in [-0.2, -0.15) is 0 Å². The number of carbonyl (C=O) groups excluding carboxylic acids is 1. The van der Waals surface area contributed by atoms with Gasteiger partial charge < -0.3 is 4.74 Å². The second kappa shape index (κ2) is 9.25. The number of benzene rings is 1. The fourth-order valence-electron chi connectivity index (χ4n) is 1.92. The first-order valence-electron chi connectivity index (χ1n) is 7.65. The van der Waals surface area contributed by atoms with Crippen LogP contribution in [-0.4, -0.2) is 28.5 Å². The monoisotopic (exact) mass is 385 g/mol. The van der Waals surface area contributed by atoms with Crippen molar-refractivity contribution in [3.63, 3.8) is 0 Å². The van der Waals surface area contributed by atoms with Gasteiger partial charge in [0.05, 0.1) is 0 Å². The molecule has 0 atom stereocenters. The summed E-state index contributed by atoms with van der Waals surface area (Å²) < 4.78 is 6.39. The number of hydrogen-bond acceptors (Lipinski definition) is 6. The molecule has 1 aromatic heterocycles. The zero-order valence-electron chi connectivity index (χ0n) is 13.9. The van der Waals surface area contributed by atoms with E-state index in [1.807, 2.05) is 26.0 Å². The van der Waals surface area contributed by atoms with Gasteiger partial charge in [-0.05, 0) is 43.5 Å². The van der Waals surface area contributed by atoms with Crippen molar-refractivity contribution < 1.29 is 9.53 Å². The van der Waals surface area contributed by atoms with Crippen molar-refractivity contribution in [2.24, 2.45) is 0 Å². The molecule has 8 heteroatoms. The molecule has 0 aliphatic rings. The lowest BCUT2D eigenvalue weighted by molar-refractivity contribution is -0.118. The number of carbonyl (C=O) groups is 1. The van der Waals surface area contributed by atoms with E-state index in [4.69, 9.17) is 16.3 Å². The van der Waals surface area contributed by atoms with Crippen LogP contribution in [-0.2, 0) is 4.79 Å². The molecule has 24 heavy (non-hydrogen) atoms. The van der Waals surface area contributed by atoms with Gasteiger partial charge in [0.1, 0.15) is 5.75 Å². The number of anilines is 1. The predicted molar refractivity (Wildman–Crippen MR) is 101 cm³/mol. The number of aryl methyl sites for hydroxylation is 2. The van der Waals surface area contributed by atoms with Crippen LogP contribution in [0.1, 0.15) is 30.9 Å². The molecule has 2 rings (SSSR count). The van der Waals surface area contributed by atoms with E-state index in [2.05, 4.69) is 22.4 Å². The molecule has 0 fully saturated rings. The molecule has 0 spiro atoms. The topological polar surface area (TPSA) is 64.1 Å². The zero-order valence-corrected chi connectivity index (χ0v) is 16.3. The first-order valence-corrected chi connectivity index (χ1v) is 9.83. The number of unbranched alkanes of at least 4 members (excludes halogenated alkanes) is 1. The number of thioether (sulfide) groups is 1. The molecule has 1 N–H and O–H groups in total. The summed E-state index contributed by atoms with van der Waals surface area (Å²) in [6.45, 7) is 5.87. The molecule has 130 valence electrons. The van der Waals surface area contributed by atoms with Crippen LogP contribution in [0.4, 0.5) is 5.13 Å². The molecular weight excluding hydrogens is 366 g/mol. The number of rotatable bonds is 8. The van der Waals surface area contributed by atoms with Gasteiger partial charge >= 0.3 is 0 Å². The third-order valence-electron chi connectivity index (χ3n) is 3.16. The molecule has 2 aromatic rings. The standard InChI is InChI=1S/C16H20ClN3O2S2/c1-4-5-6-23-16-20-19-15(24-16)18-13(21)9-22-12-7-10(2)14(17)11(3)8-12/h7-8H,4-6,9H2,1-3H3,(H,18,19,21). The third-order valence-corrected chi connectivity index (χ3v) is 5.81. The number of aromatic nitrogens is 2. The average Bonchev–Trinajstić information content (AvgIpc) is 2.98. The smallest absolute Gasteiger partial charge is 0.264 e. The third kappa shape index (κ3) is 5.65. The molecule has 0 saturated heterocycles. The van der Waals surface area contributed by atoms with E-state index in [1.54, 1.807) is 11.8 Å². The fourth-order valence-corrected chi connectivity index (χ4v) is 3.95. The average molecular weight is 386 g/mol. The number of nitrogens with one attached hydrogen (secondary N) is 1. The number of nitrogens with zero attached hydrogens (tertiary/aromatic N) is 2. The Morgan fingerprint density at radius 1 is 1.33 bits per heavy atom. The lowest BCUT2D eigenvalue weighted by Gasteiger charge is -2.09. The van der Waals surface area contributed by atoms with E-state index < -0.39 is 0 Å². The zero-order chi connectivity index (χ0) is 17.5. The van der Waals surface area contributed by atoms with E-state index in [1.165, 1.54) is 11.3 Å². The molecule has 1 amide bonds. The van der Waals surface area contributed by atoms with Gasteiger partial charge in [0.15, 0.2) is 10.9 Å². The van der Waals surface area contributed by atoms with Crippen molar-refractivity contribution in [3.05, 3.63) is 28.3 Å². The molecular formula is C16H20ClN3O2S2. The lowest BCUT2D eigenvalue weighted by Crippen LogP contribution is -2.20. The number of halogens is 1. The Balaban J connectivity index is 1.83. The maximum atomic E-state index is 12.0. The first kappa shape index (κ1) is 19.0. The largest absolute Gasteiger partial charge is 0.484 e. The quantitative estimate of drug-likeness (QED) is 0.404. The first-order chi connectivity index (χ1) is 11.5. The minimum atomic E-state index is -0.262. The summed E-state index contributed by atoms with van der Waals surface area (Å²) in [5, 5.41) is 11.9. The molecule has 1 aromatic carbocycles. The van der Waals surface area contributed by atoms with E-state index >= 15 is 0 Å². The van der Waals surface area contributed by atoms with Crippen LogP contribution < -0.4 is 10.1 Å². The second-order valence-corrected chi connectivity index (χ2v) is 7.98. The number of hydrogen-bond donors (Lipinski definition) is 1. The maximum absolute atomic E-state index is 12.0. The Labute approximate surface area is 155 Å². The Kier molecular flexibility index (Phi) is 7.33. The Hall–Kier alpha value is -1.31. The fraction of sp³-hybridized carbons (Fsp3) is 0.438. The van der Waals surface area contributed by atoms with Crippen LogP contribution in [0.15, 0.2) is 16.5 Å². The summed E-state index contributed by atoms with van der Waals surface area (Å²) >= 11 is 9.15. The molecule has 5 nitrogen and oxygen atoms in total. The highest BCUT2D eigenvalue weighted by Crippen LogP contribution is 2.27. The van der Waals surface area contributed by atoms with E-state index in [9.17, 15) is 4.79 Å². The molecule has 1 heterocycles. The Morgan fingerprint density at radius 3 is 2.71 bits per heavy atom. The SMILES string of the molecule is CCCCSc1nnc(NC(=O)COc2cc(C)c(Cl)c(C)c2)s1. The lowest BCUT2D eigenvalue weighted by atomic mass is 10.1. The van der Waals surface area contributed by atoms with Gasteiger partial charge in [-0.1, -0.05) is 48.0 Å². The van der Waals surface area contributed by atoms with Gasteiger partial charge in [-0.25, -0.2) is 0 Å². The van der Waals surface area contributed by atoms with Crippen molar-refractivity contribution in [1.82, 2.24) is 10.2 Å². The maximum Gasteiger partial charge on any atom is 0.264 e. The Bertz CT molecular complexity index is 683. The number of ether oxygens (including phenoxy) is 1. The number of amides is 1. The highest BCUT2D eigenvalue weighted by molar-refractivity contribution is 8.01. The van der Waals surface area contributed by atoms with Crippen LogP contribution >= 0.6 is 34.7 Å². The van der Waals surface area contributed by atoms with E-state index in [-0.39, 0.29) is 12.5 Å². The Morgan fingerprint density at radius 2 is 2.04 bits per heavy atom. The summed E-state index contributed by atoms with van der Waals surface area (Å²) in [6.07, 6.45) is 2.29. The van der Waals surface area contributed by atoms with Crippen molar-refractivity contribution in [1.29, 1.82) is 0 Å². The highest BCUT2D eigenvalue weighted by atomic mass is 35.5. The van der Waals surface area contributed by atoms with Crippen molar-refractivity contribution >= 4 is 45.7 Å². The molecule has 0 aliphatic carbocycles. The summed E-state index contributed by atoms with van der Waals surface area (Å²) in [6, 6.07) is 3.63. The molecule has 0 bridgehead atoms. The van der Waals surface area contributed by atoms with Gasteiger partial charge in [0, 0.05) is 10.8 Å². The van der Waals surface area contributed by atoms with Crippen LogP contribution in [0.25, 0.3) is 0 Å². The molecule has 0 unspecified atom stereocenters. The minimum Gasteiger partial charge on any atom is -0.484 e. The normalized spacial score (nSPS) is 10.7. The second-order valence-electron chi connectivity index (χ2n) is 5.28. The van der Waals surface area contributed by atoms with Gasteiger partial charge in [0.2, 0.25) is 5.13 Å². The summed E-state index contributed by atoms with van der Waals surface area (Å²) in [5.41, 5.74) is 1.84. The van der Waals surface area contributed by atoms with Crippen molar-refractivity contribution in [2.75, 3.05) is 17.7 Å². The van der Waals surface area contributed by atoms with E-state index in [0.29, 0.717) is 15.9 Å². The van der Waals surface area contributed by atoms with Gasteiger partial charge in [-0.15, -0.1) is 10.2 Å². The van der Waals surface area contributed by atoms with E-state index in [0.717, 1.165) is 34.1 Å². The predicted octanol–water partition coefficient (Wildman–Crippen LogP) is 4.72. The molecule has 0 radical (unpaired) electrons. The molecule has 0 aliphatic heterocycles. The summed E-state index contributed by atoms with van der Waals surface area (Å²) in [5.74, 6) is 1.37. The van der Waals surface area contributed by atoms with Crippen molar-refractivity contribution in [2.45, 2.75) is 38.0 Å². The van der Waals surface area contributed by atoms with Crippen LogP contribution in [0.3, 0.4) is 0 Å². The molecule has 0 saturated carbocycles. The van der Waals surface area contributed by atoms with Crippen LogP contribution in [0, 0.1) is 13.8 Å². The van der Waals surface area contributed by atoms with Crippen LogP contribution in [0.5, 0.6) is 5.75 Å². The van der Waals surface area contributed by atoms with Gasteiger partial charge in [-0.3, -0.25) is 10.1 Å². The highest BCUT2D eigenvalue weighted by Gasteiger charge is 2.10. The van der Waals surface area contributed by atoms with Crippen molar-refractivity contribution in [3.8, 4) is 5.75 Å². The summed E-state index contributed by atoms with van der Waals surface area (Å²) in [7, 11) is 0. The minimum absolute atomic E-state index is 0.0849. The summed E-state index contributed by atoms with van der Waals surface area (Å²) in [4.78, 5) is 12.0. The van der Waals surface area contributed by atoms with Gasteiger partial charge in [0.25, 0.3) is 5.91 Å². The van der Waals surface area contributed by atoms with Crippen LogP contribution in [0.2, 0.25) is 5.02 Å².